The van der Waals surface area contributed by atoms with Crippen LogP contribution in [0.1, 0.15) is 18.4 Å². The molecule has 2 aromatic carbocycles. The number of nitrogens with two attached hydrogens (primary N) is 1. The average molecular weight is 350 g/mol. The molecule has 2 unspecified atom stereocenters. The molecule has 134 valence electrons. The molecule has 2 atom stereocenters. The van der Waals surface area contributed by atoms with E-state index < -0.39 is 0 Å². The van der Waals surface area contributed by atoms with E-state index in [1.807, 2.05) is 42.6 Å². The van der Waals surface area contributed by atoms with Gasteiger partial charge in [0, 0.05) is 23.0 Å². The Kier molecular flexibility index (Phi) is 4.52. The van der Waals surface area contributed by atoms with Gasteiger partial charge in [-0.15, -0.1) is 0 Å². The summed E-state index contributed by atoms with van der Waals surface area (Å²) in [5, 5.41) is 1.20. The number of aromatic nitrogens is 1. The summed E-state index contributed by atoms with van der Waals surface area (Å²) in [5.74, 6) is 0.941. The second kappa shape index (κ2) is 7.12. The molecule has 5 nitrogen and oxygen atoms in total. The van der Waals surface area contributed by atoms with Crippen LogP contribution < -0.4 is 15.2 Å². The molecule has 1 aliphatic heterocycles. The lowest BCUT2D eigenvalue weighted by atomic mass is 9.93. The van der Waals surface area contributed by atoms with Crippen molar-refractivity contribution in [2.45, 2.75) is 25.4 Å². The zero-order valence-electron chi connectivity index (χ0n) is 14.5. The maximum atomic E-state index is 12.0. The van der Waals surface area contributed by atoms with Crippen LogP contribution in [0.4, 0.5) is 0 Å². The molecule has 4 rings (SSSR count). The number of aromatic amines is 1. The normalized spacial score (nSPS) is 17.2. The van der Waals surface area contributed by atoms with Gasteiger partial charge in [-0.05, 0) is 43.0 Å². The van der Waals surface area contributed by atoms with Gasteiger partial charge in [0.1, 0.15) is 12.7 Å². The van der Waals surface area contributed by atoms with Crippen molar-refractivity contribution >= 4 is 16.8 Å². The zero-order valence-corrected chi connectivity index (χ0v) is 14.5. The van der Waals surface area contributed by atoms with Crippen LogP contribution in [-0.4, -0.2) is 23.6 Å². The van der Waals surface area contributed by atoms with E-state index in [2.05, 4.69) is 17.1 Å². The van der Waals surface area contributed by atoms with Crippen molar-refractivity contribution in [3.8, 4) is 11.5 Å². The van der Waals surface area contributed by atoms with E-state index in [4.69, 9.17) is 15.2 Å². The number of benzene rings is 2. The number of carbonyl (C=O) groups is 1. The number of aryl methyl sites for hydroxylation is 1. The predicted molar refractivity (Wildman–Crippen MR) is 100 cm³/mol. The SMILES string of the molecule is NC(=O)C(CCc1c[nH]c2ccccc12)CC1COc2ccccc2O1. The number of H-pyrrole nitrogens is 1. The van der Waals surface area contributed by atoms with E-state index in [-0.39, 0.29) is 17.9 Å². The highest BCUT2D eigenvalue weighted by Crippen LogP contribution is 2.33. The minimum atomic E-state index is -0.285. The molecule has 3 aromatic rings. The Labute approximate surface area is 152 Å². The maximum Gasteiger partial charge on any atom is 0.220 e. The first-order valence-corrected chi connectivity index (χ1v) is 8.93. The summed E-state index contributed by atoms with van der Waals surface area (Å²) < 4.78 is 11.7. The first kappa shape index (κ1) is 16.5. The van der Waals surface area contributed by atoms with E-state index in [9.17, 15) is 4.79 Å². The lowest BCUT2D eigenvalue weighted by molar-refractivity contribution is -0.123. The summed E-state index contributed by atoms with van der Waals surface area (Å²) in [6, 6.07) is 15.8. The predicted octanol–water partition coefficient (Wildman–Crippen LogP) is 3.43. The van der Waals surface area contributed by atoms with Gasteiger partial charge in [-0.3, -0.25) is 4.79 Å². The van der Waals surface area contributed by atoms with Crippen LogP contribution in [0.25, 0.3) is 10.9 Å². The van der Waals surface area contributed by atoms with Crippen LogP contribution in [0.2, 0.25) is 0 Å². The lowest BCUT2D eigenvalue weighted by Gasteiger charge is -2.28. The Hall–Kier alpha value is -2.95. The maximum absolute atomic E-state index is 12.0. The van der Waals surface area contributed by atoms with Gasteiger partial charge in [0.25, 0.3) is 0 Å². The molecule has 1 aromatic heterocycles. The number of hydrogen-bond donors (Lipinski definition) is 2. The third-order valence-electron chi connectivity index (χ3n) is 4.95. The first-order chi connectivity index (χ1) is 12.7. The number of primary amides is 1. The number of ether oxygens (including phenoxy) is 2. The van der Waals surface area contributed by atoms with Gasteiger partial charge in [-0.1, -0.05) is 30.3 Å². The fourth-order valence-electron chi connectivity index (χ4n) is 3.54. The molecule has 0 fully saturated rings. The van der Waals surface area contributed by atoms with Crippen LogP contribution >= 0.6 is 0 Å². The van der Waals surface area contributed by atoms with Crippen molar-refractivity contribution in [1.82, 2.24) is 4.98 Å². The minimum absolute atomic E-state index is 0.162. The number of amides is 1. The number of carbonyl (C=O) groups excluding carboxylic acids is 1. The first-order valence-electron chi connectivity index (χ1n) is 8.93. The fraction of sp³-hybridized carbons (Fsp3) is 0.286. The molecule has 1 aliphatic rings. The van der Waals surface area contributed by atoms with Crippen molar-refractivity contribution in [1.29, 1.82) is 0 Å². The van der Waals surface area contributed by atoms with Crippen LogP contribution in [0.15, 0.2) is 54.7 Å². The van der Waals surface area contributed by atoms with Gasteiger partial charge in [-0.2, -0.15) is 0 Å². The monoisotopic (exact) mass is 350 g/mol. The molecular formula is C21H22N2O3. The van der Waals surface area contributed by atoms with Crippen LogP contribution in [0.3, 0.4) is 0 Å². The Morgan fingerprint density at radius 2 is 1.92 bits per heavy atom. The second-order valence-corrected chi connectivity index (χ2v) is 6.73. The third kappa shape index (κ3) is 3.38. The fourth-order valence-corrected chi connectivity index (χ4v) is 3.54. The van der Waals surface area contributed by atoms with Gasteiger partial charge in [0.05, 0.1) is 0 Å². The van der Waals surface area contributed by atoms with Crippen molar-refractivity contribution in [2.75, 3.05) is 6.61 Å². The molecule has 0 aliphatic carbocycles. The van der Waals surface area contributed by atoms with E-state index in [0.717, 1.165) is 23.4 Å². The molecule has 26 heavy (non-hydrogen) atoms. The van der Waals surface area contributed by atoms with Gasteiger partial charge in [-0.25, -0.2) is 0 Å². The summed E-state index contributed by atoms with van der Waals surface area (Å²) in [5.41, 5.74) is 7.97. The van der Waals surface area contributed by atoms with Gasteiger partial charge in [0.15, 0.2) is 11.5 Å². The number of hydrogen-bond acceptors (Lipinski definition) is 3. The third-order valence-corrected chi connectivity index (χ3v) is 4.95. The summed E-state index contributed by atoms with van der Waals surface area (Å²) in [6.07, 6.45) is 3.90. The highest BCUT2D eigenvalue weighted by molar-refractivity contribution is 5.83. The molecule has 0 radical (unpaired) electrons. The van der Waals surface area contributed by atoms with Gasteiger partial charge >= 0.3 is 0 Å². The van der Waals surface area contributed by atoms with Crippen LogP contribution in [0.5, 0.6) is 11.5 Å². The number of nitrogens with one attached hydrogen (secondary N) is 1. The summed E-state index contributed by atoms with van der Waals surface area (Å²) in [7, 11) is 0. The number of para-hydroxylation sites is 3. The van der Waals surface area contributed by atoms with E-state index in [1.165, 1.54) is 10.9 Å². The largest absolute Gasteiger partial charge is 0.486 e. The van der Waals surface area contributed by atoms with Crippen LogP contribution in [-0.2, 0) is 11.2 Å². The Morgan fingerprint density at radius 1 is 1.15 bits per heavy atom. The molecule has 5 heteroatoms. The summed E-state index contributed by atoms with van der Waals surface area (Å²) >= 11 is 0. The topological polar surface area (TPSA) is 77.3 Å². The molecule has 0 bridgehead atoms. The second-order valence-electron chi connectivity index (χ2n) is 6.73. The zero-order chi connectivity index (χ0) is 17.9. The highest BCUT2D eigenvalue weighted by atomic mass is 16.6. The van der Waals surface area contributed by atoms with Gasteiger partial charge in [0.2, 0.25) is 5.91 Å². The van der Waals surface area contributed by atoms with Crippen molar-refractivity contribution in [3.05, 3.63) is 60.3 Å². The molecule has 2 heterocycles. The summed E-state index contributed by atoms with van der Waals surface area (Å²) in [6.45, 7) is 0.438. The molecule has 0 saturated heterocycles. The molecule has 3 N–H and O–H groups in total. The standard InChI is InChI=1S/C21H22N2O3/c22-21(24)14(9-10-15-12-23-18-6-2-1-5-17(15)18)11-16-13-25-19-7-3-4-8-20(19)26-16/h1-8,12,14,16,23H,9-11,13H2,(H2,22,24). The van der Waals surface area contributed by atoms with Crippen molar-refractivity contribution < 1.29 is 14.3 Å². The highest BCUT2D eigenvalue weighted by Gasteiger charge is 2.27. The van der Waals surface area contributed by atoms with E-state index in [1.54, 1.807) is 0 Å². The Balaban J connectivity index is 1.41. The Bertz CT molecular complexity index is 918. The quantitative estimate of drug-likeness (QED) is 0.715. The van der Waals surface area contributed by atoms with E-state index in [0.29, 0.717) is 19.4 Å². The average Bonchev–Trinajstić information content (AvgIpc) is 3.08. The van der Waals surface area contributed by atoms with Crippen molar-refractivity contribution in [3.63, 3.8) is 0 Å². The molecule has 0 saturated carbocycles. The molecule has 0 spiro atoms. The number of fused-ring (bicyclic) bond motifs is 2. The van der Waals surface area contributed by atoms with Crippen LogP contribution in [0, 0.1) is 5.92 Å². The lowest BCUT2D eigenvalue weighted by Crippen LogP contribution is -2.35. The Morgan fingerprint density at radius 3 is 2.77 bits per heavy atom. The molecule has 1 amide bonds. The number of rotatable bonds is 6. The van der Waals surface area contributed by atoms with Gasteiger partial charge < -0.3 is 20.2 Å². The smallest absolute Gasteiger partial charge is 0.220 e. The molecular weight excluding hydrogens is 328 g/mol. The van der Waals surface area contributed by atoms with Crippen molar-refractivity contribution in [2.24, 2.45) is 11.7 Å². The summed E-state index contributed by atoms with van der Waals surface area (Å²) in [4.78, 5) is 15.2. The minimum Gasteiger partial charge on any atom is -0.486 e. The van der Waals surface area contributed by atoms with E-state index >= 15 is 0 Å².